The molecule has 4 nitrogen and oxygen atoms in total. The largest absolute Gasteiger partial charge is 0.479 e. The van der Waals surface area contributed by atoms with Gasteiger partial charge in [0.1, 0.15) is 0 Å². The zero-order chi connectivity index (χ0) is 11.9. The second-order valence-corrected chi connectivity index (χ2v) is 3.56. The van der Waals surface area contributed by atoms with E-state index in [-0.39, 0.29) is 4.47 Å². The third-order valence-corrected chi connectivity index (χ3v) is 2.38. The van der Waals surface area contributed by atoms with Crippen LogP contribution in [0.1, 0.15) is 5.76 Å². The minimum atomic E-state index is -5.15. The molecule has 1 rings (SSSR count). The molecule has 15 heavy (non-hydrogen) atoms. The molecule has 1 aromatic rings. The van der Waals surface area contributed by atoms with Crippen molar-refractivity contribution in [3.8, 4) is 0 Å². The van der Waals surface area contributed by atoms with Gasteiger partial charge in [-0.25, -0.2) is 4.79 Å². The number of aliphatic carboxylic acids is 1. The van der Waals surface area contributed by atoms with E-state index in [1.54, 1.807) is 0 Å². The van der Waals surface area contributed by atoms with Crippen LogP contribution in [0.3, 0.4) is 0 Å². The highest BCUT2D eigenvalue weighted by Crippen LogP contribution is 2.40. The first-order valence-electron chi connectivity index (χ1n) is 3.53. The second-order valence-electron chi connectivity index (χ2n) is 2.71. The first-order chi connectivity index (χ1) is 6.71. The van der Waals surface area contributed by atoms with Crippen molar-refractivity contribution in [1.29, 1.82) is 0 Å². The van der Waals surface area contributed by atoms with Gasteiger partial charge in [-0.2, -0.15) is 13.2 Å². The molecule has 0 radical (unpaired) electrons. The number of carboxylic acids is 1. The van der Waals surface area contributed by atoms with Crippen LogP contribution in [0.2, 0.25) is 0 Å². The van der Waals surface area contributed by atoms with E-state index in [9.17, 15) is 18.0 Å². The molecular formula is C7H5BrF3NO3. The van der Waals surface area contributed by atoms with E-state index in [0.717, 1.165) is 12.3 Å². The third-order valence-electron chi connectivity index (χ3n) is 1.76. The summed E-state index contributed by atoms with van der Waals surface area (Å²) in [4.78, 5) is 10.6. The van der Waals surface area contributed by atoms with E-state index in [0.29, 0.717) is 0 Å². The van der Waals surface area contributed by atoms with Crippen molar-refractivity contribution >= 4 is 21.9 Å². The van der Waals surface area contributed by atoms with Crippen LogP contribution in [0.25, 0.3) is 0 Å². The molecular weight excluding hydrogens is 283 g/mol. The average Bonchev–Trinajstić information content (AvgIpc) is 2.47. The Morgan fingerprint density at radius 3 is 2.33 bits per heavy atom. The predicted octanol–water partition coefficient (Wildman–Crippen LogP) is 1.84. The summed E-state index contributed by atoms with van der Waals surface area (Å²) in [6, 6.07) is 1.13. The Balaban J connectivity index is 3.39. The molecule has 0 saturated carbocycles. The Hall–Kier alpha value is -1.02. The van der Waals surface area contributed by atoms with Crippen LogP contribution >= 0.6 is 15.9 Å². The van der Waals surface area contributed by atoms with Gasteiger partial charge in [0.2, 0.25) is 0 Å². The summed E-state index contributed by atoms with van der Waals surface area (Å²) in [7, 11) is 0. The van der Waals surface area contributed by atoms with Crippen LogP contribution in [0.5, 0.6) is 0 Å². The van der Waals surface area contributed by atoms with Crippen molar-refractivity contribution in [1.82, 2.24) is 0 Å². The standard InChI is InChI=1S/C7H5BrF3NO3/c8-3-1-2-15-4(3)6(12,5(13)14)7(9,10)11/h1-2H,12H2,(H,13,14). The average molecular weight is 288 g/mol. The number of carboxylic acid groups (broad SMARTS) is 1. The molecule has 0 spiro atoms. The van der Waals surface area contributed by atoms with Gasteiger partial charge in [-0.05, 0) is 22.0 Å². The highest BCUT2D eigenvalue weighted by molar-refractivity contribution is 9.10. The Bertz CT molecular complexity index is 389. The third kappa shape index (κ3) is 1.74. The number of alkyl halides is 3. The molecule has 0 bridgehead atoms. The monoisotopic (exact) mass is 287 g/mol. The molecule has 0 amide bonds. The summed E-state index contributed by atoms with van der Waals surface area (Å²) in [6.45, 7) is 0. The first-order valence-corrected chi connectivity index (χ1v) is 4.33. The van der Waals surface area contributed by atoms with Crippen molar-refractivity contribution in [2.24, 2.45) is 5.73 Å². The van der Waals surface area contributed by atoms with E-state index < -0.39 is 23.4 Å². The Labute approximate surface area is 90.0 Å². The minimum absolute atomic E-state index is 0.148. The van der Waals surface area contributed by atoms with Gasteiger partial charge in [0.25, 0.3) is 5.54 Å². The SMILES string of the molecule is NC(C(=O)O)(c1occc1Br)C(F)(F)F. The van der Waals surface area contributed by atoms with Crippen LogP contribution in [0.4, 0.5) is 13.2 Å². The normalized spacial score (nSPS) is 16.1. The first kappa shape index (κ1) is 12.1. The fraction of sp³-hybridized carbons (Fsp3) is 0.286. The molecule has 8 heteroatoms. The Kier molecular flexibility index (Phi) is 2.83. The van der Waals surface area contributed by atoms with Gasteiger partial charge in [-0.3, -0.25) is 0 Å². The van der Waals surface area contributed by atoms with Crippen molar-refractivity contribution < 1.29 is 27.5 Å². The Morgan fingerprint density at radius 1 is 1.53 bits per heavy atom. The summed E-state index contributed by atoms with van der Waals surface area (Å²) in [5.41, 5.74) is 1.29. The maximum Gasteiger partial charge on any atom is 0.424 e. The fourth-order valence-corrected chi connectivity index (χ4v) is 1.44. The second kappa shape index (κ2) is 3.53. The van der Waals surface area contributed by atoms with Crippen molar-refractivity contribution in [3.63, 3.8) is 0 Å². The smallest absolute Gasteiger partial charge is 0.424 e. The number of rotatable bonds is 2. The lowest BCUT2D eigenvalue weighted by Crippen LogP contribution is -2.56. The van der Waals surface area contributed by atoms with Gasteiger partial charge in [0, 0.05) is 0 Å². The molecule has 0 aliphatic rings. The molecule has 0 saturated heterocycles. The van der Waals surface area contributed by atoms with E-state index in [2.05, 4.69) is 20.3 Å². The molecule has 0 fully saturated rings. The highest BCUT2D eigenvalue weighted by atomic mass is 79.9. The highest BCUT2D eigenvalue weighted by Gasteiger charge is 2.62. The summed E-state index contributed by atoms with van der Waals surface area (Å²) in [5, 5.41) is 8.54. The summed E-state index contributed by atoms with van der Waals surface area (Å²) < 4.78 is 41.8. The number of carbonyl (C=O) groups is 1. The molecule has 0 aliphatic carbocycles. The van der Waals surface area contributed by atoms with E-state index in [1.807, 2.05) is 0 Å². The maximum absolute atomic E-state index is 12.5. The molecule has 1 aromatic heterocycles. The van der Waals surface area contributed by atoms with E-state index in [1.165, 1.54) is 0 Å². The minimum Gasteiger partial charge on any atom is -0.479 e. The van der Waals surface area contributed by atoms with Gasteiger partial charge in [0.15, 0.2) is 5.76 Å². The van der Waals surface area contributed by atoms with Crippen LogP contribution in [-0.2, 0) is 10.3 Å². The number of nitrogens with two attached hydrogens (primary N) is 1. The fourth-order valence-electron chi connectivity index (χ4n) is 0.922. The molecule has 0 aromatic carbocycles. The van der Waals surface area contributed by atoms with Crippen molar-refractivity contribution in [2.75, 3.05) is 0 Å². The number of furan rings is 1. The van der Waals surface area contributed by atoms with Crippen molar-refractivity contribution in [2.45, 2.75) is 11.7 Å². The molecule has 1 unspecified atom stereocenters. The van der Waals surface area contributed by atoms with Crippen LogP contribution < -0.4 is 5.73 Å². The zero-order valence-corrected chi connectivity index (χ0v) is 8.59. The molecule has 1 atom stereocenters. The quantitative estimate of drug-likeness (QED) is 0.870. The van der Waals surface area contributed by atoms with Gasteiger partial charge < -0.3 is 15.3 Å². The van der Waals surface area contributed by atoms with E-state index >= 15 is 0 Å². The van der Waals surface area contributed by atoms with E-state index in [4.69, 9.17) is 10.8 Å². The van der Waals surface area contributed by atoms with Gasteiger partial charge in [-0.1, -0.05) is 0 Å². The number of halogens is 4. The summed E-state index contributed by atoms with van der Waals surface area (Å²) in [5.74, 6) is -3.12. The number of hydrogen-bond donors (Lipinski definition) is 2. The lowest BCUT2D eigenvalue weighted by Gasteiger charge is -2.25. The van der Waals surface area contributed by atoms with Gasteiger partial charge in [-0.15, -0.1) is 0 Å². The maximum atomic E-state index is 12.5. The van der Waals surface area contributed by atoms with Crippen LogP contribution in [0, 0.1) is 0 Å². The number of hydrogen-bond acceptors (Lipinski definition) is 3. The van der Waals surface area contributed by atoms with Crippen LogP contribution in [-0.4, -0.2) is 17.3 Å². The lowest BCUT2D eigenvalue weighted by molar-refractivity contribution is -0.208. The zero-order valence-electron chi connectivity index (χ0n) is 7.01. The summed E-state index contributed by atoms with van der Waals surface area (Å²) in [6.07, 6.45) is -4.24. The van der Waals surface area contributed by atoms with Gasteiger partial charge >= 0.3 is 12.1 Å². The Morgan fingerprint density at radius 2 is 2.07 bits per heavy atom. The molecule has 84 valence electrons. The van der Waals surface area contributed by atoms with Crippen LogP contribution in [0.15, 0.2) is 21.2 Å². The molecule has 3 N–H and O–H groups in total. The lowest BCUT2D eigenvalue weighted by atomic mass is 9.97. The summed E-state index contributed by atoms with van der Waals surface area (Å²) >= 11 is 2.73. The van der Waals surface area contributed by atoms with Gasteiger partial charge in [0.05, 0.1) is 10.7 Å². The van der Waals surface area contributed by atoms with Crippen molar-refractivity contribution in [3.05, 3.63) is 22.6 Å². The predicted molar refractivity (Wildman–Crippen MR) is 46.0 cm³/mol. The topological polar surface area (TPSA) is 76.5 Å². The molecule has 0 aliphatic heterocycles. The molecule has 1 heterocycles.